The minimum atomic E-state index is -0.651. The minimum Gasteiger partial charge on any atom is -0.497 e. The third-order valence-electron chi connectivity index (χ3n) is 2.97. The highest BCUT2D eigenvalue weighted by Gasteiger charge is 2.22. The van der Waals surface area contributed by atoms with Crippen molar-refractivity contribution in [1.29, 1.82) is 0 Å². The van der Waals surface area contributed by atoms with E-state index in [9.17, 15) is 4.39 Å². The van der Waals surface area contributed by atoms with Gasteiger partial charge in [-0.1, -0.05) is 35.3 Å². The highest BCUT2D eigenvalue weighted by Crippen LogP contribution is 2.35. The third kappa shape index (κ3) is 2.88. The zero-order valence-electron chi connectivity index (χ0n) is 10.7. The van der Waals surface area contributed by atoms with Gasteiger partial charge in [-0.3, -0.25) is 5.84 Å². The predicted octanol–water partition coefficient (Wildman–Crippen LogP) is 3.69. The highest BCUT2D eigenvalue weighted by molar-refractivity contribution is 6.36. The molecule has 0 amide bonds. The summed E-state index contributed by atoms with van der Waals surface area (Å²) in [4.78, 5) is 0. The van der Waals surface area contributed by atoms with E-state index in [-0.39, 0.29) is 0 Å². The van der Waals surface area contributed by atoms with E-state index >= 15 is 0 Å². The van der Waals surface area contributed by atoms with Crippen LogP contribution >= 0.6 is 23.2 Å². The van der Waals surface area contributed by atoms with E-state index in [0.717, 1.165) is 0 Å². The van der Waals surface area contributed by atoms with Gasteiger partial charge in [0, 0.05) is 27.2 Å². The monoisotopic (exact) mass is 314 g/mol. The van der Waals surface area contributed by atoms with Crippen molar-refractivity contribution in [3.8, 4) is 5.75 Å². The van der Waals surface area contributed by atoms with Gasteiger partial charge >= 0.3 is 0 Å². The van der Waals surface area contributed by atoms with Gasteiger partial charge < -0.3 is 4.74 Å². The molecule has 0 saturated carbocycles. The van der Waals surface area contributed by atoms with Crippen molar-refractivity contribution < 1.29 is 9.13 Å². The van der Waals surface area contributed by atoms with Crippen LogP contribution in [0.4, 0.5) is 4.39 Å². The van der Waals surface area contributed by atoms with Crippen molar-refractivity contribution in [1.82, 2.24) is 5.43 Å². The Morgan fingerprint density at radius 2 is 1.85 bits per heavy atom. The van der Waals surface area contributed by atoms with Crippen molar-refractivity contribution in [3.63, 3.8) is 0 Å². The van der Waals surface area contributed by atoms with E-state index in [2.05, 4.69) is 5.43 Å². The molecule has 6 heteroatoms. The number of hydrogen-bond acceptors (Lipinski definition) is 3. The number of methoxy groups -OCH3 is 1. The zero-order valence-corrected chi connectivity index (χ0v) is 12.2. The first kappa shape index (κ1) is 15.1. The third-order valence-corrected chi connectivity index (χ3v) is 3.63. The second-order valence-corrected chi connectivity index (χ2v) is 4.94. The number of halogens is 3. The topological polar surface area (TPSA) is 47.3 Å². The average molecular weight is 315 g/mol. The molecule has 2 aromatic rings. The maximum atomic E-state index is 14.2. The van der Waals surface area contributed by atoms with Crippen LogP contribution in [0.25, 0.3) is 0 Å². The molecule has 0 aliphatic heterocycles. The second kappa shape index (κ2) is 6.41. The first-order valence-corrected chi connectivity index (χ1v) is 6.57. The molecule has 0 saturated heterocycles. The molecular formula is C14H13Cl2FN2O. The lowest BCUT2D eigenvalue weighted by Crippen LogP contribution is -2.30. The van der Waals surface area contributed by atoms with E-state index in [0.29, 0.717) is 26.9 Å². The Labute approximate surface area is 126 Å². The number of nitrogens with one attached hydrogen (secondary N) is 1. The number of nitrogens with two attached hydrogens (primary N) is 1. The Balaban J connectivity index is 2.53. The SMILES string of the molecule is COc1ccc(C(NN)c2c(Cl)cccc2Cl)c(F)c1. The van der Waals surface area contributed by atoms with Crippen LogP contribution in [0.15, 0.2) is 36.4 Å². The Bertz CT molecular complexity index is 602. The Hall–Kier alpha value is -1.33. The van der Waals surface area contributed by atoms with Crippen LogP contribution in [0, 0.1) is 5.82 Å². The molecule has 0 radical (unpaired) electrons. The van der Waals surface area contributed by atoms with Crippen LogP contribution < -0.4 is 16.0 Å². The number of hydrazine groups is 1. The molecule has 0 aliphatic carbocycles. The van der Waals surface area contributed by atoms with Crippen molar-refractivity contribution in [3.05, 3.63) is 63.4 Å². The van der Waals surface area contributed by atoms with Gasteiger partial charge in [-0.25, -0.2) is 9.82 Å². The second-order valence-electron chi connectivity index (χ2n) is 4.12. The maximum absolute atomic E-state index is 14.2. The van der Waals surface area contributed by atoms with E-state index in [4.69, 9.17) is 33.8 Å². The molecule has 1 unspecified atom stereocenters. The zero-order chi connectivity index (χ0) is 14.7. The fraction of sp³-hybridized carbons (Fsp3) is 0.143. The summed E-state index contributed by atoms with van der Waals surface area (Å²) in [6.07, 6.45) is 0. The summed E-state index contributed by atoms with van der Waals surface area (Å²) in [6.45, 7) is 0. The molecule has 0 spiro atoms. The largest absolute Gasteiger partial charge is 0.497 e. The van der Waals surface area contributed by atoms with Gasteiger partial charge in [0.15, 0.2) is 0 Å². The first-order chi connectivity index (χ1) is 9.58. The van der Waals surface area contributed by atoms with Crippen LogP contribution in [0.5, 0.6) is 5.75 Å². The van der Waals surface area contributed by atoms with Crippen LogP contribution in [0.3, 0.4) is 0 Å². The highest BCUT2D eigenvalue weighted by atomic mass is 35.5. The van der Waals surface area contributed by atoms with Crippen LogP contribution in [-0.4, -0.2) is 7.11 Å². The number of ether oxygens (including phenoxy) is 1. The predicted molar refractivity (Wildman–Crippen MR) is 78.6 cm³/mol. The molecule has 3 nitrogen and oxygen atoms in total. The Kier molecular flexibility index (Phi) is 4.83. The van der Waals surface area contributed by atoms with Crippen molar-refractivity contribution in [2.45, 2.75) is 6.04 Å². The quantitative estimate of drug-likeness (QED) is 0.668. The molecular weight excluding hydrogens is 302 g/mol. The molecule has 1 atom stereocenters. The molecule has 106 valence electrons. The number of rotatable bonds is 4. The molecule has 2 aromatic carbocycles. The Morgan fingerprint density at radius 1 is 1.20 bits per heavy atom. The summed E-state index contributed by atoms with van der Waals surface area (Å²) in [7, 11) is 1.47. The minimum absolute atomic E-state index is 0.336. The fourth-order valence-electron chi connectivity index (χ4n) is 1.98. The number of hydrogen-bond donors (Lipinski definition) is 2. The molecule has 0 aromatic heterocycles. The number of benzene rings is 2. The normalized spacial score (nSPS) is 12.2. The Morgan fingerprint density at radius 3 is 2.35 bits per heavy atom. The molecule has 2 rings (SSSR count). The van der Waals surface area contributed by atoms with Crippen LogP contribution in [0.1, 0.15) is 17.2 Å². The molecule has 0 aliphatic rings. The molecule has 0 bridgehead atoms. The summed E-state index contributed by atoms with van der Waals surface area (Å²) in [5.41, 5.74) is 3.41. The molecule has 0 heterocycles. The molecule has 20 heavy (non-hydrogen) atoms. The van der Waals surface area contributed by atoms with Crippen LogP contribution in [-0.2, 0) is 0 Å². The van der Waals surface area contributed by atoms with Crippen molar-refractivity contribution >= 4 is 23.2 Å². The van der Waals surface area contributed by atoms with E-state index in [1.54, 1.807) is 30.3 Å². The average Bonchev–Trinajstić information content (AvgIpc) is 2.43. The van der Waals surface area contributed by atoms with Crippen LogP contribution in [0.2, 0.25) is 10.0 Å². The summed E-state index contributed by atoms with van der Waals surface area (Å²) in [5, 5.41) is 0.825. The van der Waals surface area contributed by atoms with Gasteiger partial charge in [0.05, 0.1) is 13.2 Å². The summed E-state index contributed by atoms with van der Waals surface area (Å²) >= 11 is 12.3. The summed E-state index contributed by atoms with van der Waals surface area (Å²) in [5.74, 6) is 5.52. The molecule has 3 N–H and O–H groups in total. The van der Waals surface area contributed by atoms with Gasteiger partial charge in [-0.2, -0.15) is 0 Å². The van der Waals surface area contributed by atoms with E-state index < -0.39 is 11.9 Å². The lowest BCUT2D eigenvalue weighted by Gasteiger charge is -2.20. The first-order valence-electron chi connectivity index (χ1n) is 5.82. The molecule has 0 fully saturated rings. The van der Waals surface area contributed by atoms with E-state index in [1.165, 1.54) is 13.2 Å². The van der Waals surface area contributed by atoms with Gasteiger partial charge in [-0.15, -0.1) is 0 Å². The summed E-state index contributed by atoms with van der Waals surface area (Å²) in [6, 6.07) is 8.92. The maximum Gasteiger partial charge on any atom is 0.132 e. The van der Waals surface area contributed by atoms with E-state index in [1.807, 2.05) is 0 Å². The lowest BCUT2D eigenvalue weighted by atomic mass is 9.98. The van der Waals surface area contributed by atoms with Crippen molar-refractivity contribution in [2.75, 3.05) is 7.11 Å². The fourth-order valence-corrected chi connectivity index (χ4v) is 2.60. The van der Waals surface area contributed by atoms with Gasteiger partial charge in [0.2, 0.25) is 0 Å². The summed E-state index contributed by atoms with van der Waals surface area (Å²) < 4.78 is 19.1. The van der Waals surface area contributed by atoms with Gasteiger partial charge in [0.1, 0.15) is 11.6 Å². The lowest BCUT2D eigenvalue weighted by molar-refractivity contribution is 0.410. The van der Waals surface area contributed by atoms with Crippen molar-refractivity contribution in [2.24, 2.45) is 5.84 Å². The standard InChI is InChI=1S/C14H13Cl2FN2O/c1-20-8-5-6-9(12(17)7-8)14(19-18)13-10(15)3-2-4-11(13)16/h2-7,14,19H,18H2,1H3. The smallest absolute Gasteiger partial charge is 0.132 e. The van der Waals surface area contributed by atoms with Gasteiger partial charge in [0.25, 0.3) is 0 Å². The van der Waals surface area contributed by atoms with Gasteiger partial charge in [-0.05, 0) is 18.2 Å².